The van der Waals surface area contributed by atoms with Crippen molar-refractivity contribution in [2.45, 2.75) is 50.9 Å². The Morgan fingerprint density at radius 3 is 2.17 bits per heavy atom. The third kappa shape index (κ3) is 4.57. The smallest absolute Gasteiger partial charge is 0.115 e. The van der Waals surface area contributed by atoms with Crippen LogP contribution in [-0.4, -0.2) is 27.3 Å². The van der Waals surface area contributed by atoms with Crippen LogP contribution >= 0.6 is 0 Å². The molecule has 0 unspecified atom stereocenters. The van der Waals surface area contributed by atoms with E-state index in [0.29, 0.717) is 11.8 Å². The summed E-state index contributed by atoms with van der Waals surface area (Å²) in [6.45, 7) is 1.72. The Bertz CT molecular complexity index is 606. The van der Waals surface area contributed by atoms with Gasteiger partial charge in [-0.15, -0.1) is 0 Å². The second-order valence-corrected chi connectivity index (χ2v) is 6.52. The molecule has 1 aliphatic carbocycles. The van der Waals surface area contributed by atoms with Crippen molar-refractivity contribution in [1.82, 2.24) is 4.90 Å². The molecule has 0 atom stereocenters. The molecular weight excluding hydrogens is 286 g/mol. The van der Waals surface area contributed by atoms with Crippen molar-refractivity contribution in [2.24, 2.45) is 0 Å². The fourth-order valence-electron chi connectivity index (χ4n) is 3.44. The van der Waals surface area contributed by atoms with Gasteiger partial charge in [-0.25, -0.2) is 0 Å². The molecule has 2 aromatic rings. The lowest BCUT2D eigenvalue weighted by atomic mass is 9.91. The van der Waals surface area contributed by atoms with Gasteiger partial charge in [0.25, 0.3) is 0 Å². The molecule has 2 aromatic carbocycles. The summed E-state index contributed by atoms with van der Waals surface area (Å²) < 4.78 is 0. The number of hydrogen-bond donors (Lipinski definition) is 2. The van der Waals surface area contributed by atoms with E-state index in [0.717, 1.165) is 44.3 Å². The molecule has 23 heavy (non-hydrogen) atoms. The molecule has 3 nitrogen and oxygen atoms in total. The summed E-state index contributed by atoms with van der Waals surface area (Å²) in [5.74, 6) is 0.321. The van der Waals surface area contributed by atoms with Gasteiger partial charge in [-0.2, -0.15) is 0 Å². The van der Waals surface area contributed by atoms with E-state index in [9.17, 15) is 10.2 Å². The van der Waals surface area contributed by atoms with E-state index in [1.807, 2.05) is 18.2 Å². The summed E-state index contributed by atoms with van der Waals surface area (Å²) in [6.07, 6.45) is 3.71. The van der Waals surface area contributed by atoms with E-state index in [4.69, 9.17) is 0 Å². The number of nitrogens with zero attached hydrogens (tertiary/aromatic N) is 1. The molecule has 0 radical (unpaired) electrons. The van der Waals surface area contributed by atoms with Gasteiger partial charge in [-0.05, 0) is 48.9 Å². The summed E-state index contributed by atoms with van der Waals surface area (Å²) in [6, 6.07) is 18.5. The molecule has 3 heteroatoms. The fraction of sp³-hybridized carbons (Fsp3) is 0.400. The lowest BCUT2D eigenvalue weighted by molar-refractivity contribution is 0.0665. The van der Waals surface area contributed by atoms with Gasteiger partial charge in [0, 0.05) is 19.1 Å². The van der Waals surface area contributed by atoms with E-state index in [-0.39, 0.29) is 6.10 Å². The summed E-state index contributed by atoms with van der Waals surface area (Å²) in [5, 5.41) is 19.5. The molecule has 0 amide bonds. The Labute approximate surface area is 138 Å². The second kappa shape index (κ2) is 7.62. The van der Waals surface area contributed by atoms with Gasteiger partial charge in [-0.3, -0.25) is 4.90 Å². The Balaban J connectivity index is 1.75. The lowest BCUT2D eigenvalue weighted by Gasteiger charge is -2.36. The van der Waals surface area contributed by atoms with Crippen molar-refractivity contribution in [2.75, 3.05) is 0 Å². The molecular formula is C20H25NO2. The highest BCUT2D eigenvalue weighted by Gasteiger charge is 2.25. The fourth-order valence-corrected chi connectivity index (χ4v) is 3.44. The number of aliphatic hydroxyl groups is 1. The summed E-state index contributed by atoms with van der Waals surface area (Å²) in [5.41, 5.74) is 2.44. The predicted octanol–water partition coefficient (Wildman–Crippen LogP) is 3.70. The van der Waals surface area contributed by atoms with Crippen LogP contribution in [0.25, 0.3) is 0 Å². The predicted molar refractivity (Wildman–Crippen MR) is 92.1 cm³/mol. The largest absolute Gasteiger partial charge is 0.508 e. The van der Waals surface area contributed by atoms with Crippen LogP contribution in [0.15, 0.2) is 54.6 Å². The first kappa shape index (κ1) is 16.0. The van der Waals surface area contributed by atoms with E-state index in [1.165, 1.54) is 5.56 Å². The summed E-state index contributed by atoms with van der Waals surface area (Å²) in [7, 11) is 0. The average molecular weight is 311 g/mol. The molecule has 3 rings (SSSR count). The zero-order valence-electron chi connectivity index (χ0n) is 13.4. The molecule has 1 fully saturated rings. The standard InChI is InChI=1S/C20H25NO2/c22-19-11-9-18(10-12-19)21(14-16-5-2-1-3-6-16)15-17-7-4-8-20(23)13-17/h1-8,13,18-19,22-23H,9-12,14-15H2. The van der Waals surface area contributed by atoms with Gasteiger partial charge < -0.3 is 10.2 Å². The van der Waals surface area contributed by atoms with Gasteiger partial charge in [0.2, 0.25) is 0 Å². The molecule has 0 saturated heterocycles. The molecule has 0 spiro atoms. The van der Waals surface area contributed by atoms with Crippen molar-refractivity contribution < 1.29 is 10.2 Å². The van der Waals surface area contributed by atoms with E-state index >= 15 is 0 Å². The Kier molecular flexibility index (Phi) is 5.31. The van der Waals surface area contributed by atoms with Gasteiger partial charge in [0.1, 0.15) is 5.75 Å². The maximum Gasteiger partial charge on any atom is 0.115 e. The van der Waals surface area contributed by atoms with Gasteiger partial charge in [0.05, 0.1) is 6.10 Å². The van der Waals surface area contributed by atoms with Gasteiger partial charge >= 0.3 is 0 Å². The first-order valence-corrected chi connectivity index (χ1v) is 8.44. The minimum Gasteiger partial charge on any atom is -0.508 e. The van der Waals surface area contributed by atoms with Crippen LogP contribution in [0.1, 0.15) is 36.8 Å². The van der Waals surface area contributed by atoms with Crippen LogP contribution in [-0.2, 0) is 13.1 Å². The van der Waals surface area contributed by atoms with E-state index in [1.54, 1.807) is 6.07 Å². The minimum absolute atomic E-state index is 0.134. The third-order valence-corrected chi connectivity index (χ3v) is 4.71. The van der Waals surface area contributed by atoms with Crippen molar-refractivity contribution >= 4 is 0 Å². The molecule has 2 N–H and O–H groups in total. The second-order valence-electron chi connectivity index (χ2n) is 6.52. The van der Waals surface area contributed by atoms with Gasteiger partial charge in [0.15, 0.2) is 0 Å². The van der Waals surface area contributed by atoms with Crippen LogP contribution in [0, 0.1) is 0 Å². The van der Waals surface area contributed by atoms with Crippen molar-refractivity contribution in [1.29, 1.82) is 0 Å². The van der Waals surface area contributed by atoms with Crippen molar-refractivity contribution in [3.05, 3.63) is 65.7 Å². The van der Waals surface area contributed by atoms with Gasteiger partial charge in [-0.1, -0.05) is 42.5 Å². The lowest BCUT2D eigenvalue weighted by Crippen LogP contribution is -2.38. The Morgan fingerprint density at radius 2 is 1.48 bits per heavy atom. The van der Waals surface area contributed by atoms with E-state index in [2.05, 4.69) is 35.2 Å². The highest BCUT2D eigenvalue weighted by Crippen LogP contribution is 2.26. The normalized spacial score (nSPS) is 21.5. The number of aliphatic hydroxyl groups excluding tert-OH is 1. The number of benzene rings is 2. The highest BCUT2D eigenvalue weighted by atomic mass is 16.3. The molecule has 0 heterocycles. The minimum atomic E-state index is -0.134. The van der Waals surface area contributed by atoms with E-state index < -0.39 is 0 Å². The molecule has 122 valence electrons. The zero-order chi connectivity index (χ0) is 16.1. The van der Waals surface area contributed by atoms with Crippen molar-refractivity contribution in [3.8, 4) is 5.75 Å². The summed E-state index contributed by atoms with van der Waals surface area (Å²) >= 11 is 0. The molecule has 1 aliphatic rings. The van der Waals surface area contributed by atoms with Crippen LogP contribution in [0.3, 0.4) is 0 Å². The topological polar surface area (TPSA) is 43.7 Å². The third-order valence-electron chi connectivity index (χ3n) is 4.71. The number of hydrogen-bond acceptors (Lipinski definition) is 3. The highest BCUT2D eigenvalue weighted by molar-refractivity contribution is 5.27. The van der Waals surface area contributed by atoms with Crippen LogP contribution in [0.4, 0.5) is 0 Å². The van der Waals surface area contributed by atoms with Crippen LogP contribution in [0.2, 0.25) is 0 Å². The molecule has 0 aromatic heterocycles. The van der Waals surface area contributed by atoms with Crippen LogP contribution in [0.5, 0.6) is 5.75 Å². The maximum atomic E-state index is 9.77. The maximum absolute atomic E-state index is 9.77. The van der Waals surface area contributed by atoms with Crippen molar-refractivity contribution in [3.63, 3.8) is 0 Å². The Hall–Kier alpha value is -1.84. The summed E-state index contributed by atoms with van der Waals surface area (Å²) in [4.78, 5) is 2.48. The number of phenolic OH excluding ortho intramolecular Hbond substituents is 1. The SMILES string of the molecule is Oc1cccc(CN(Cc2ccccc2)C2CCC(O)CC2)c1. The van der Waals surface area contributed by atoms with Crippen LogP contribution < -0.4 is 0 Å². The Morgan fingerprint density at radius 1 is 0.826 bits per heavy atom. The number of rotatable bonds is 5. The molecule has 0 bridgehead atoms. The zero-order valence-corrected chi connectivity index (χ0v) is 13.4. The number of phenols is 1. The average Bonchev–Trinajstić information content (AvgIpc) is 2.56. The quantitative estimate of drug-likeness (QED) is 0.885. The first-order valence-electron chi connectivity index (χ1n) is 8.44. The monoisotopic (exact) mass is 311 g/mol. The first-order chi connectivity index (χ1) is 11.2. The molecule has 0 aliphatic heterocycles. The molecule has 1 saturated carbocycles. The number of aromatic hydroxyl groups is 1.